The molecule has 1 aromatic carbocycles. The van der Waals surface area contributed by atoms with Crippen LogP contribution in [0.4, 0.5) is 10.1 Å². The fourth-order valence-corrected chi connectivity index (χ4v) is 4.08. The summed E-state index contributed by atoms with van der Waals surface area (Å²) in [7, 11) is -0.00740. The number of anilines is 1. The molecule has 3 rings (SSSR count). The first-order valence-corrected chi connectivity index (χ1v) is 9.53. The van der Waals surface area contributed by atoms with Crippen LogP contribution in [0.5, 0.6) is 5.75 Å². The van der Waals surface area contributed by atoms with Crippen LogP contribution in [0.25, 0.3) is 0 Å². The van der Waals surface area contributed by atoms with Gasteiger partial charge in [0.1, 0.15) is 28.3 Å². The van der Waals surface area contributed by atoms with Gasteiger partial charge in [-0.25, -0.2) is 13.3 Å². The number of rotatable bonds is 3. The Morgan fingerprint density at radius 1 is 1.48 bits per heavy atom. The summed E-state index contributed by atoms with van der Waals surface area (Å²) in [5, 5.41) is 12.9. The van der Waals surface area contributed by atoms with Crippen LogP contribution in [0.1, 0.15) is 29.9 Å². The number of halogens is 1. The van der Waals surface area contributed by atoms with Gasteiger partial charge in [-0.1, -0.05) is 0 Å². The number of amides is 1. The van der Waals surface area contributed by atoms with E-state index in [9.17, 15) is 18.5 Å². The van der Waals surface area contributed by atoms with Gasteiger partial charge >= 0.3 is 0 Å². The van der Waals surface area contributed by atoms with E-state index in [2.05, 4.69) is 10.0 Å². The van der Waals surface area contributed by atoms with E-state index in [0.29, 0.717) is 16.1 Å². The van der Waals surface area contributed by atoms with Crippen molar-refractivity contribution in [3.05, 3.63) is 41.5 Å². The Bertz CT molecular complexity index is 920. The first-order valence-electron chi connectivity index (χ1n) is 8.38. The number of nitrogens with one attached hydrogen (secondary N) is 2. The molecule has 0 bridgehead atoms. The van der Waals surface area contributed by atoms with Crippen molar-refractivity contribution in [3.8, 4) is 5.75 Å². The van der Waals surface area contributed by atoms with Gasteiger partial charge in [-0.2, -0.15) is 0 Å². The fraction of sp³-hybridized carbons (Fsp3) is 0.389. The lowest BCUT2D eigenvalue weighted by atomic mass is 10.0. The quantitative estimate of drug-likeness (QED) is 0.740. The van der Waals surface area contributed by atoms with Crippen molar-refractivity contribution >= 4 is 22.6 Å². The summed E-state index contributed by atoms with van der Waals surface area (Å²) < 4.78 is 36.1. The van der Waals surface area contributed by atoms with Crippen molar-refractivity contribution in [3.63, 3.8) is 0 Å². The molecule has 1 amide bonds. The average Bonchev–Trinajstić information content (AvgIpc) is 2.81. The highest BCUT2D eigenvalue weighted by Crippen LogP contribution is 2.32. The van der Waals surface area contributed by atoms with Crippen molar-refractivity contribution in [2.75, 3.05) is 11.9 Å². The molecular weight excluding hydrogens is 373 g/mol. The van der Waals surface area contributed by atoms with E-state index < -0.39 is 28.5 Å². The molecule has 1 aliphatic rings. The Morgan fingerprint density at radius 2 is 2.19 bits per heavy atom. The smallest absolute Gasteiger partial charge is 0.276 e. The number of carbonyl (C=O) groups is 1. The van der Waals surface area contributed by atoms with E-state index in [1.807, 2.05) is 0 Å². The molecule has 0 radical (unpaired) electrons. The molecule has 0 saturated heterocycles. The molecule has 27 heavy (non-hydrogen) atoms. The van der Waals surface area contributed by atoms with Crippen LogP contribution in [0.2, 0.25) is 0 Å². The highest BCUT2D eigenvalue weighted by atomic mass is 32.2. The molecule has 2 atom stereocenters. The SMILES string of the molecule is Cc1cc(NC(=O)c2c3c(cn2C)S(=O)N[C@@H](C(C)(C)O)CO3)ccc1F. The Labute approximate surface area is 159 Å². The largest absolute Gasteiger partial charge is 0.488 e. The average molecular weight is 395 g/mol. The number of aromatic nitrogens is 1. The van der Waals surface area contributed by atoms with E-state index in [4.69, 9.17) is 4.74 Å². The molecular formula is C18H22FN3O4S. The molecule has 0 fully saturated rings. The Kier molecular flexibility index (Phi) is 5.11. The number of hydrogen-bond acceptors (Lipinski definition) is 4. The second-order valence-electron chi connectivity index (χ2n) is 7.10. The van der Waals surface area contributed by atoms with E-state index in [1.165, 1.54) is 22.8 Å². The minimum atomic E-state index is -1.65. The lowest BCUT2D eigenvalue weighted by Crippen LogP contribution is -2.50. The summed E-state index contributed by atoms with van der Waals surface area (Å²) in [4.78, 5) is 13.1. The number of ether oxygens (including phenoxy) is 1. The summed E-state index contributed by atoms with van der Waals surface area (Å²) in [6, 6.07) is 3.69. The van der Waals surface area contributed by atoms with E-state index in [1.54, 1.807) is 34.0 Å². The van der Waals surface area contributed by atoms with Gasteiger partial charge in [0, 0.05) is 18.9 Å². The maximum atomic E-state index is 13.4. The molecule has 146 valence electrons. The molecule has 1 aliphatic heterocycles. The lowest BCUT2D eigenvalue weighted by molar-refractivity contribution is 0.0292. The summed E-state index contributed by atoms with van der Waals surface area (Å²) in [6.07, 6.45) is 1.55. The van der Waals surface area contributed by atoms with Crippen molar-refractivity contribution < 1.29 is 23.2 Å². The number of fused-ring (bicyclic) bond motifs is 1. The van der Waals surface area contributed by atoms with E-state index in [-0.39, 0.29) is 23.9 Å². The van der Waals surface area contributed by atoms with Gasteiger partial charge in [0.15, 0.2) is 11.4 Å². The molecule has 2 heterocycles. The maximum absolute atomic E-state index is 13.4. The number of aryl methyl sites for hydroxylation is 2. The summed E-state index contributed by atoms with van der Waals surface area (Å²) >= 11 is 0. The van der Waals surface area contributed by atoms with Crippen LogP contribution in [0.15, 0.2) is 29.3 Å². The number of aliphatic hydroxyl groups is 1. The standard InChI is InChI=1S/C18H22FN3O4S/c1-10-7-11(5-6-12(10)19)20-17(23)15-16-13(8-22(15)4)27(25)21-14(9-26-16)18(2,3)24/h5-8,14,21,24H,9H2,1-4H3,(H,20,23)/t14-,27?/m1/s1. The number of nitrogens with zero attached hydrogens (tertiary/aromatic N) is 1. The third-order valence-corrected chi connectivity index (χ3v) is 5.62. The van der Waals surface area contributed by atoms with Crippen LogP contribution in [0.3, 0.4) is 0 Å². The van der Waals surface area contributed by atoms with Crippen LogP contribution >= 0.6 is 0 Å². The highest BCUT2D eigenvalue weighted by Gasteiger charge is 2.35. The second kappa shape index (κ2) is 7.06. The zero-order valence-electron chi connectivity index (χ0n) is 15.5. The molecule has 0 saturated carbocycles. The molecule has 9 heteroatoms. The summed E-state index contributed by atoms with van der Waals surface area (Å²) in [5.74, 6) is -0.627. The van der Waals surface area contributed by atoms with Gasteiger partial charge in [0.2, 0.25) is 0 Å². The molecule has 7 nitrogen and oxygen atoms in total. The predicted molar refractivity (Wildman–Crippen MR) is 99.6 cm³/mol. The van der Waals surface area contributed by atoms with Gasteiger partial charge < -0.3 is 19.7 Å². The van der Waals surface area contributed by atoms with Crippen LogP contribution < -0.4 is 14.8 Å². The Hall–Kier alpha value is -2.23. The van der Waals surface area contributed by atoms with Crippen molar-refractivity contribution in [2.24, 2.45) is 7.05 Å². The highest BCUT2D eigenvalue weighted by molar-refractivity contribution is 7.83. The summed E-state index contributed by atoms with van der Waals surface area (Å²) in [5.41, 5.74) is -0.113. The van der Waals surface area contributed by atoms with Crippen LogP contribution in [-0.4, -0.2) is 38.0 Å². The predicted octanol–water partition coefficient (Wildman–Crippen LogP) is 1.87. The number of hydrogen-bond donors (Lipinski definition) is 3. The van der Waals surface area contributed by atoms with Crippen LogP contribution in [-0.2, 0) is 18.0 Å². The second-order valence-corrected chi connectivity index (χ2v) is 8.32. The molecule has 3 N–H and O–H groups in total. The maximum Gasteiger partial charge on any atom is 0.276 e. The van der Waals surface area contributed by atoms with Gasteiger partial charge in [-0.3, -0.25) is 4.79 Å². The third-order valence-electron chi connectivity index (χ3n) is 4.43. The monoisotopic (exact) mass is 395 g/mol. The third kappa shape index (κ3) is 3.90. The first-order chi connectivity index (χ1) is 12.6. The van der Waals surface area contributed by atoms with Crippen molar-refractivity contribution in [1.29, 1.82) is 0 Å². The van der Waals surface area contributed by atoms with Gasteiger partial charge in [-0.05, 0) is 44.5 Å². The lowest BCUT2D eigenvalue weighted by Gasteiger charge is -2.27. The van der Waals surface area contributed by atoms with Gasteiger partial charge in [0.05, 0.1) is 11.6 Å². The Morgan fingerprint density at radius 3 is 2.81 bits per heavy atom. The van der Waals surface area contributed by atoms with Gasteiger partial charge in [-0.15, -0.1) is 0 Å². The zero-order chi connectivity index (χ0) is 19.9. The van der Waals surface area contributed by atoms with Gasteiger partial charge in [0.25, 0.3) is 5.91 Å². The minimum Gasteiger partial charge on any atom is -0.488 e. The number of carbonyl (C=O) groups excluding carboxylic acids is 1. The molecule has 0 aliphatic carbocycles. The fourth-order valence-electron chi connectivity index (χ4n) is 2.77. The van der Waals surface area contributed by atoms with E-state index in [0.717, 1.165) is 0 Å². The normalized spacial score (nSPS) is 19.8. The Balaban J connectivity index is 1.91. The summed E-state index contributed by atoms with van der Waals surface area (Å²) in [6.45, 7) is 4.83. The zero-order valence-corrected chi connectivity index (χ0v) is 16.3. The molecule has 1 unspecified atom stereocenters. The molecule has 0 spiro atoms. The van der Waals surface area contributed by atoms with E-state index >= 15 is 0 Å². The first kappa shape index (κ1) is 19.5. The molecule has 1 aromatic heterocycles. The van der Waals surface area contributed by atoms with Crippen molar-refractivity contribution in [1.82, 2.24) is 9.29 Å². The van der Waals surface area contributed by atoms with Crippen LogP contribution in [0, 0.1) is 12.7 Å². The minimum absolute atomic E-state index is 0.0438. The topological polar surface area (TPSA) is 92.6 Å². The number of benzene rings is 1. The molecule has 2 aromatic rings. The van der Waals surface area contributed by atoms with Crippen molar-refractivity contribution in [2.45, 2.75) is 37.3 Å².